The highest BCUT2D eigenvalue weighted by Crippen LogP contribution is 2.30. The van der Waals surface area contributed by atoms with Crippen LogP contribution in [0.25, 0.3) is 0 Å². The number of anilines is 1. The van der Waals surface area contributed by atoms with Gasteiger partial charge in [-0.05, 0) is 25.2 Å². The van der Waals surface area contributed by atoms with E-state index in [1.807, 2.05) is 0 Å². The zero-order chi connectivity index (χ0) is 15.4. The zero-order valence-electron chi connectivity index (χ0n) is 12.8. The van der Waals surface area contributed by atoms with Crippen LogP contribution < -0.4 is 4.90 Å². The van der Waals surface area contributed by atoms with Crippen LogP contribution >= 0.6 is 11.3 Å². The van der Waals surface area contributed by atoms with Gasteiger partial charge in [0, 0.05) is 20.0 Å². The Labute approximate surface area is 129 Å². The van der Waals surface area contributed by atoms with Crippen molar-refractivity contribution in [2.75, 3.05) is 25.1 Å². The maximum Gasteiger partial charge on any atom is 0.358 e. The first-order valence-electron chi connectivity index (χ1n) is 7.41. The van der Waals surface area contributed by atoms with Gasteiger partial charge >= 0.3 is 5.97 Å². The first-order valence-corrected chi connectivity index (χ1v) is 8.23. The summed E-state index contributed by atoms with van der Waals surface area (Å²) in [7, 11) is 1.31. The van der Waals surface area contributed by atoms with Crippen LogP contribution in [0.5, 0.6) is 0 Å². The Kier molecular flexibility index (Phi) is 5.33. The molecular weight excluding hydrogens is 288 g/mol. The summed E-state index contributed by atoms with van der Waals surface area (Å²) in [5.41, 5.74) is 0.154. The van der Waals surface area contributed by atoms with Crippen LogP contribution in [0, 0.1) is 5.92 Å². The minimum atomic E-state index is -0.538. The van der Waals surface area contributed by atoms with E-state index in [0.29, 0.717) is 4.88 Å². The Bertz CT molecular complexity index is 527. The molecule has 1 aromatic rings. The van der Waals surface area contributed by atoms with Crippen molar-refractivity contribution < 1.29 is 14.3 Å². The largest absolute Gasteiger partial charge is 0.464 e. The third-order valence-corrected chi connectivity index (χ3v) is 5.23. The molecule has 0 bridgehead atoms. The number of thiazole rings is 1. The number of ketones is 1. The minimum Gasteiger partial charge on any atom is -0.464 e. The second kappa shape index (κ2) is 7.02. The molecule has 1 unspecified atom stereocenters. The lowest BCUT2D eigenvalue weighted by Gasteiger charge is -2.19. The molecule has 21 heavy (non-hydrogen) atoms. The third kappa shape index (κ3) is 3.61. The summed E-state index contributed by atoms with van der Waals surface area (Å²) in [6, 6.07) is 0. The molecule has 2 heterocycles. The maximum atomic E-state index is 11.8. The van der Waals surface area contributed by atoms with Gasteiger partial charge in [0.2, 0.25) is 0 Å². The summed E-state index contributed by atoms with van der Waals surface area (Å²) < 4.78 is 4.72. The number of ether oxygens (including phenoxy) is 1. The standard InChI is InChI=1S/C15H22N2O3S/c1-4-11-6-5-8-17(9-7-11)15-16-12(14(19)20-3)13(21-15)10(2)18/h11H,4-9H2,1-3H3. The van der Waals surface area contributed by atoms with Crippen LogP contribution in [0.2, 0.25) is 0 Å². The number of carbonyl (C=O) groups excluding carboxylic acids is 2. The lowest BCUT2D eigenvalue weighted by Crippen LogP contribution is -2.24. The highest BCUT2D eigenvalue weighted by Gasteiger charge is 2.25. The smallest absolute Gasteiger partial charge is 0.358 e. The van der Waals surface area contributed by atoms with Crippen molar-refractivity contribution >= 4 is 28.2 Å². The average molecular weight is 310 g/mol. The highest BCUT2D eigenvalue weighted by molar-refractivity contribution is 7.17. The van der Waals surface area contributed by atoms with Crippen molar-refractivity contribution in [3.63, 3.8) is 0 Å². The van der Waals surface area contributed by atoms with Gasteiger partial charge in [-0.25, -0.2) is 9.78 Å². The number of nitrogens with zero attached hydrogens (tertiary/aromatic N) is 2. The third-order valence-electron chi connectivity index (χ3n) is 4.01. The van der Waals surface area contributed by atoms with Crippen molar-refractivity contribution in [1.82, 2.24) is 4.98 Å². The van der Waals surface area contributed by atoms with Crippen molar-refractivity contribution in [3.05, 3.63) is 10.6 Å². The first kappa shape index (κ1) is 15.9. The quantitative estimate of drug-likeness (QED) is 0.631. The fourth-order valence-electron chi connectivity index (χ4n) is 2.68. The van der Waals surface area contributed by atoms with E-state index < -0.39 is 5.97 Å². The molecular formula is C15H22N2O3S. The van der Waals surface area contributed by atoms with Gasteiger partial charge in [0.1, 0.15) is 4.88 Å². The van der Waals surface area contributed by atoms with E-state index in [1.165, 1.54) is 38.2 Å². The van der Waals surface area contributed by atoms with Gasteiger partial charge in [-0.1, -0.05) is 24.7 Å². The van der Waals surface area contributed by atoms with E-state index in [9.17, 15) is 9.59 Å². The Morgan fingerprint density at radius 2 is 2.14 bits per heavy atom. The molecule has 0 N–H and O–H groups in total. The summed E-state index contributed by atoms with van der Waals surface area (Å²) >= 11 is 1.30. The Morgan fingerprint density at radius 3 is 2.76 bits per heavy atom. The van der Waals surface area contributed by atoms with E-state index in [2.05, 4.69) is 16.8 Å². The second-order valence-electron chi connectivity index (χ2n) is 5.41. The van der Waals surface area contributed by atoms with Gasteiger partial charge in [0.15, 0.2) is 16.6 Å². The molecule has 0 radical (unpaired) electrons. The van der Waals surface area contributed by atoms with Crippen LogP contribution in [0.1, 0.15) is 59.7 Å². The lowest BCUT2D eigenvalue weighted by molar-refractivity contribution is 0.0591. The minimum absolute atomic E-state index is 0.139. The van der Waals surface area contributed by atoms with Gasteiger partial charge in [-0.15, -0.1) is 0 Å². The molecule has 0 saturated carbocycles. The molecule has 116 valence electrons. The molecule has 1 saturated heterocycles. The second-order valence-corrected chi connectivity index (χ2v) is 6.39. The lowest BCUT2D eigenvalue weighted by atomic mass is 9.98. The molecule has 1 fully saturated rings. The summed E-state index contributed by atoms with van der Waals surface area (Å²) in [5.74, 6) is 0.0895. The fourth-order valence-corrected chi connectivity index (χ4v) is 3.68. The van der Waals surface area contributed by atoms with Crippen molar-refractivity contribution in [1.29, 1.82) is 0 Å². The summed E-state index contributed by atoms with van der Waals surface area (Å²) in [4.78, 5) is 30.4. The molecule has 0 aromatic carbocycles. The molecule has 1 aliphatic heterocycles. The van der Waals surface area contributed by atoms with E-state index in [-0.39, 0.29) is 11.5 Å². The normalized spacial score (nSPS) is 19.2. The Balaban J connectivity index is 2.23. The predicted molar refractivity (Wildman–Crippen MR) is 83.3 cm³/mol. The number of methoxy groups -OCH3 is 1. The van der Waals surface area contributed by atoms with Crippen LogP contribution in [-0.4, -0.2) is 36.9 Å². The number of hydrogen-bond donors (Lipinski definition) is 0. The van der Waals surface area contributed by atoms with Crippen molar-refractivity contribution in [2.45, 2.75) is 39.5 Å². The van der Waals surface area contributed by atoms with Crippen LogP contribution in [0.4, 0.5) is 5.13 Å². The molecule has 1 aromatic heterocycles. The van der Waals surface area contributed by atoms with Crippen molar-refractivity contribution in [2.24, 2.45) is 5.92 Å². The number of esters is 1. The van der Waals surface area contributed by atoms with Gasteiger partial charge in [-0.2, -0.15) is 0 Å². The number of carbonyl (C=O) groups is 2. The Morgan fingerprint density at radius 1 is 1.38 bits per heavy atom. The van der Waals surface area contributed by atoms with Crippen LogP contribution in [0.15, 0.2) is 0 Å². The number of hydrogen-bond acceptors (Lipinski definition) is 6. The maximum absolute atomic E-state index is 11.8. The topological polar surface area (TPSA) is 59.5 Å². The summed E-state index contributed by atoms with van der Waals surface area (Å²) in [6.07, 6.45) is 4.71. The molecule has 0 spiro atoms. The number of Topliss-reactive ketones (excluding diaryl/α,β-unsaturated/α-hetero) is 1. The molecule has 0 amide bonds. The van der Waals surface area contributed by atoms with Gasteiger partial charge < -0.3 is 9.64 Å². The molecule has 0 aliphatic carbocycles. The van der Waals surface area contributed by atoms with Gasteiger partial charge in [-0.3, -0.25) is 4.79 Å². The SMILES string of the molecule is CCC1CCCN(c2nc(C(=O)OC)c(C(C)=O)s2)CC1. The molecule has 1 atom stereocenters. The van der Waals surface area contributed by atoms with E-state index >= 15 is 0 Å². The Hall–Kier alpha value is -1.43. The molecule has 6 heteroatoms. The number of aromatic nitrogens is 1. The molecule has 5 nitrogen and oxygen atoms in total. The molecule has 2 rings (SSSR count). The van der Waals surface area contributed by atoms with Crippen LogP contribution in [0.3, 0.4) is 0 Å². The highest BCUT2D eigenvalue weighted by atomic mass is 32.1. The predicted octanol–water partition coefficient (Wildman–Crippen LogP) is 3.15. The van der Waals surface area contributed by atoms with E-state index in [0.717, 1.165) is 37.0 Å². The van der Waals surface area contributed by atoms with Crippen LogP contribution in [-0.2, 0) is 4.74 Å². The average Bonchev–Trinajstić information content (AvgIpc) is 2.79. The van der Waals surface area contributed by atoms with E-state index in [4.69, 9.17) is 4.74 Å². The van der Waals surface area contributed by atoms with E-state index in [1.54, 1.807) is 0 Å². The summed E-state index contributed by atoms with van der Waals surface area (Å²) in [6.45, 7) is 5.55. The molecule has 1 aliphatic rings. The van der Waals surface area contributed by atoms with Gasteiger partial charge in [0.25, 0.3) is 0 Å². The number of rotatable bonds is 4. The fraction of sp³-hybridized carbons (Fsp3) is 0.667. The first-order chi connectivity index (χ1) is 10.1. The van der Waals surface area contributed by atoms with Gasteiger partial charge in [0.05, 0.1) is 7.11 Å². The zero-order valence-corrected chi connectivity index (χ0v) is 13.7. The van der Waals surface area contributed by atoms with Crippen molar-refractivity contribution in [3.8, 4) is 0 Å². The summed E-state index contributed by atoms with van der Waals surface area (Å²) in [5, 5.41) is 0.761. The monoisotopic (exact) mass is 310 g/mol.